The van der Waals surface area contributed by atoms with Crippen molar-refractivity contribution in [1.29, 1.82) is 0 Å². The van der Waals surface area contributed by atoms with Gasteiger partial charge in [-0.3, -0.25) is 9.48 Å². The molecular weight excluding hydrogens is 438 g/mol. The van der Waals surface area contributed by atoms with E-state index in [9.17, 15) is 4.79 Å². The minimum atomic E-state index is -0.195. The number of hydrazone groups is 1. The first kappa shape index (κ1) is 18.0. The largest absolute Gasteiger partial charge is 0.272 e. The summed E-state index contributed by atoms with van der Waals surface area (Å²) in [6, 6.07) is 3.95. The van der Waals surface area contributed by atoms with Crippen LogP contribution in [0.15, 0.2) is 27.1 Å². The van der Waals surface area contributed by atoms with Crippen molar-refractivity contribution in [1.82, 2.24) is 20.2 Å². The third-order valence-corrected chi connectivity index (χ3v) is 7.09. The van der Waals surface area contributed by atoms with Crippen LogP contribution in [0.5, 0.6) is 0 Å². The van der Waals surface area contributed by atoms with E-state index in [0.29, 0.717) is 17.4 Å². The van der Waals surface area contributed by atoms with Crippen LogP contribution in [-0.4, -0.2) is 26.4 Å². The summed E-state index contributed by atoms with van der Waals surface area (Å²) in [5, 5.41) is 11.9. The molecule has 3 heterocycles. The van der Waals surface area contributed by atoms with E-state index in [1.54, 1.807) is 11.3 Å². The number of pyridine rings is 1. The second-order valence-corrected chi connectivity index (χ2v) is 9.44. The maximum Gasteiger partial charge on any atom is 0.272 e. The van der Waals surface area contributed by atoms with Gasteiger partial charge in [0.2, 0.25) is 0 Å². The third kappa shape index (κ3) is 3.28. The molecule has 28 heavy (non-hydrogen) atoms. The summed E-state index contributed by atoms with van der Waals surface area (Å²) < 4.78 is 2.84. The van der Waals surface area contributed by atoms with Gasteiger partial charge < -0.3 is 0 Å². The molecule has 144 valence electrons. The lowest BCUT2D eigenvalue weighted by atomic mass is 10.1. The molecule has 0 radical (unpaired) electrons. The number of hydrogen-bond acceptors (Lipinski definition) is 5. The Kier molecular flexibility index (Phi) is 4.35. The molecule has 1 N–H and O–H groups in total. The molecule has 0 spiro atoms. The van der Waals surface area contributed by atoms with Crippen molar-refractivity contribution in [3.05, 3.63) is 43.8 Å². The minimum Gasteiger partial charge on any atom is -0.267 e. The lowest BCUT2D eigenvalue weighted by Crippen LogP contribution is -2.20. The first-order valence-electron chi connectivity index (χ1n) is 9.48. The quantitative estimate of drug-likeness (QED) is 0.445. The zero-order valence-electron chi connectivity index (χ0n) is 15.7. The van der Waals surface area contributed by atoms with Gasteiger partial charge >= 0.3 is 0 Å². The molecule has 6 nitrogen and oxygen atoms in total. The zero-order valence-corrected chi connectivity index (χ0v) is 18.1. The van der Waals surface area contributed by atoms with E-state index >= 15 is 0 Å². The zero-order chi connectivity index (χ0) is 19.4. The first-order valence-corrected chi connectivity index (χ1v) is 11.1. The molecule has 2 saturated carbocycles. The summed E-state index contributed by atoms with van der Waals surface area (Å²) in [5.41, 5.74) is 6.98. The molecule has 2 fully saturated rings. The highest BCUT2D eigenvalue weighted by Crippen LogP contribution is 2.45. The Morgan fingerprint density at radius 1 is 1.29 bits per heavy atom. The van der Waals surface area contributed by atoms with E-state index in [1.807, 2.05) is 36.2 Å². The first-order chi connectivity index (χ1) is 13.5. The lowest BCUT2D eigenvalue weighted by molar-refractivity contribution is 0.0956. The Hall–Kier alpha value is -2.06. The Morgan fingerprint density at radius 3 is 2.68 bits per heavy atom. The van der Waals surface area contributed by atoms with Gasteiger partial charge in [0.15, 0.2) is 5.65 Å². The van der Waals surface area contributed by atoms with Crippen LogP contribution in [0.4, 0.5) is 0 Å². The van der Waals surface area contributed by atoms with Crippen LogP contribution in [0.3, 0.4) is 0 Å². The Morgan fingerprint density at radius 2 is 2.04 bits per heavy atom. The van der Waals surface area contributed by atoms with Gasteiger partial charge in [0.25, 0.3) is 5.91 Å². The predicted molar refractivity (Wildman–Crippen MR) is 114 cm³/mol. The molecule has 0 bridgehead atoms. The standard InChI is InChI=1S/C20H20BrN5OS/c1-10(16-7-13(21)9-28-16)23-24-20(27)14-8-15(11-3-4-11)22-19-17(14)18(12-5-6-12)25-26(19)2/h7-9,11-12H,3-6H2,1-2H3,(H,24,27)/b23-10-. The highest BCUT2D eigenvalue weighted by atomic mass is 79.9. The summed E-state index contributed by atoms with van der Waals surface area (Å²) in [7, 11) is 1.91. The number of carbonyl (C=O) groups excluding carboxylic acids is 1. The van der Waals surface area contributed by atoms with Crippen molar-refractivity contribution in [3.63, 3.8) is 0 Å². The van der Waals surface area contributed by atoms with Crippen LogP contribution in [-0.2, 0) is 7.05 Å². The van der Waals surface area contributed by atoms with Gasteiger partial charge in [0, 0.05) is 34.4 Å². The van der Waals surface area contributed by atoms with E-state index in [4.69, 9.17) is 10.1 Å². The highest BCUT2D eigenvalue weighted by Gasteiger charge is 2.33. The second-order valence-electron chi connectivity index (χ2n) is 7.62. The van der Waals surface area contributed by atoms with Gasteiger partial charge in [-0.2, -0.15) is 10.2 Å². The average Bonchev–Trinajstić information content (AvgIpc) is 3.61. The van der Waals surface area contributed by atoms with Crippen molar-refractivity contribution in [2.24, 2.45) is 12.1 Å². The van der Waals surface area contributed by atoms with Gasteiger partial charge in [0.05, 0.1) is 27.2 Å². The Balaban J connectivity index is 1.54. The molecule has 0 aromatic carbocycles. The van der Waals surface area contributed by atoms with Crippen LogP contribution in [0, 0.1) is 0 Å². The number of rotatable bonds is 5. The van der Waals surface area contributed by atoms with Crippen molar-refractivity contribution in [2.75, 3.05) is 0 Å². The summed E-state index contributed by atoms with van der Waals surface area (Å²) in [6.07, 6.45) is 4.53. The van der Waals surface area contributed by atoms with Crippen molar-refractivity contribution >= 4 is 49.9 Å². The maximum absolute atomic E-state index is 13.1. The van der Waals surface area contributed by atoms with Crippen LogP contribution < -0.4 is 5.43 Å². The molecule has 2 aliphatic rings. The summed E-state index contributed by atoms with van der Waals surface area (Å²) in [5.74, 6) is 0.709. The van der Waals surface area contributed by atoms with Crippen LogP contribution in [0.2, 0.25) is 0 Å². The molecule has 0 atom stereocenters. The minimum absolute atomic E-state index is 0.195. The van der Waals surface area contributed by atoms with Crippen LogP contribution >= 0.6 is 27.3 Å². The lowest BCUT2D eigenvalue weighted by Gasteiger charge is -2.07. The van der Waals surface area contributed by atoms with Gasteiger partial charge in [0.1, 0.15) is 0 Å². The number of fused-ring (bicyclic) bond motifs is 1. The Bertz CT molecular complexity index is 1120. The SMILES string of the molecule is C/C(=N/NC(=O)c1cc(C2CC2)nc2c1c(C1CC1)nn2C)c1cc(Br)cs1. The maximum atomic E-state index is 13.1. The molecular formula is C20H20BrN5OS. The topological polar surface area (TPSA) is 72.2 Å². The second kappa shape index (κ2) is 6.77. The van der Waals surface area contributed by atoms with E-state index in [1.165, 1.54) is 0 Å². The third-order valence-electron chi connectivity index (χ3n) is 5.29. The molecule has 0 unspecified atom stereocenters. The molecule has 0 aliphatic heterocycles. The smallest absolute Gasteiger partial charge is 0.267 e. The number of amides is 1. The number of hydrogen-bond donors (Lipinski definition) is 1. The van der Waals surface area contributed by atoms with Gasteiger partial charge in [-0.25, -0.2) is 10.4 Å². The number of halogens is 1. The summed E-state index contributed by atoms with van der Waals surface area (Å²) in [4.78, 5) is 19.0. The average molecular weight is 458 g/mol. The Labute approximate surface area is 175 Å². The number of nitrogens with zero attached hydrogens (tertiary/aromatic N) is 4. The number of thiophene rings is 1. The predicted octanol–water partition coefficient (Wildman–Crippen LogP) is 4.70. The van der Waals surface area contributed by atoms with Crippen LogP contribution in [0.25, 0.3) is 11.0 Å². The molecule has 0 saturated heterocycles. The van der Waals surface area contributed by atoms with Crippen LogP contribution in [0.1, 0.15) is 71.1 Å². The number of nitrogens with one attached hydrogen (secondary N) is 1. The fraction of sp³-hybridized carbons (Fsp3) is 0.400. The van der Waals surface area contributed by atoms with Crippen molar-refractivity contribution in [3.8, 4) is 0 Å². The number of aromatic nitrogens is 3. The van der Waals surface area contributed by atoms with Crippen molar-refractivity contribution in [2.45, 2.75) is 44.4 Å². The van der Waals surface area contributed by atoms with Crippen molar-refractivity contribution < 1.29 is 4.79 Å². The molecule has 5 rings (SSSR count). The van der Waals surface area contributed by atoms with Gasteiger partial charge in [-0.15, -0.1) is 11.3 Å². The number of carbonyl (C=O) groups is 1. The normalized spacial score (nSPS) is 17.3. The molecule has 2 aliphatic carbocycles. The molecule has 3 aromatic heterocycles. The van der Waals surface area contributed by atoms with E-state index in [-0.39, 0.29) is 5.91 Å². The van der Waals surface area contributed by atoms with E-state index in [2.05, 4.69) is 26.5 Å². The fourth-order valence-electron chi connectivity index (χ4n) is 3.46. The van der Waals surface area contributed by atoms with Gasteiger partial charge in [-0.05, 0) is 60.7 Å². The highest BCUT2D eigenvalue weighted by molar-refractivity contribution is 9.10. The molecule has 1 amide bonds. The van der Waals surface area contributed by atoms with E-state index < -0.39 is 0 Å². The summed E-state index contributed by atoms with van der Waals surface area (Å²) >= 11 is 5.04. The molecule has 8 heteroatoms. The number of aryl methyl sites for hydroxylation is 1. The monoisotopic (exact) mass is 457 g/mol. The van der Waals surface area contributed by atoms with E-state index in [0.717, 1.165) is 63.2 Å². The fourth-order valence-corrected chi connectivity index (χ4v) is 4.84. The van der Waals surface area contributed by atoms with Gasteiger partial charge in [-0.1, -0.05) is 0 Å². The summed E-state index contributed by atoms with van der Waals surface area (Å²) in [6.45, 7) is 1.90. The molecule has 3 aromatic rings.